The number of aryl methyl sites for hydroxylation is 1. The van der Waals surface area contributed by atoms with Crippen molar-refractivity contribution in [2.45, 2.75) is 17.7 Å². The average Bonchev–Trinajstić information content (AvgIpc) is 2.94. The number of carbonyl (C=O) groups is 2. The third-order valence-corrected chi connectivity index (χ3v) is 4.62. The summed E-state index contributed by atoms with van der Waals surface area (Å²) in [4.78, 5) is 23.0. The molecular formula is C14H15N3O3S2. The lowest BCUT2D eigenvalue weighted by Crippen LogP contribution is -2.14. The standard InChI is InChI=1S/C14H15N3O3S2/c1-9-3-5-10(6-4-9)7-11(18)15-13-16-17-14(22-13)21-8-12(19)20-2/h3-6H,7-8H2,1-2H3,(H,15,16,18). The van der Waals surface area contributed by atoms with E-state index in [0.29, 0.717) is 9.47 Å². The zero-order valence-corrected chi connectivity index (χ0v) is 13.8. The molecule has 1 heterocycles. The van der Waals surface area contributed by atoms with Crippen molar-refractivity contribution in [3.63, 3.8) is 0 Å². The molecule has 6 nitrogen and oxygen atoms in total. The number of anilines is 1. The van der Waals surface area contributed by atoms with Crippen LogP contribution in [0.25, 0.3) is 0 Å². The van der Waals surface area contributed by atoms with Gasteiger partial charge >= 0.3 is 5.97 Å². The summed E-state index contributed by atoms with van der Waals surface area (Å²) in [6.45, 7) is 2.00. The predicted molar refractivity (Wildman–Crippen MR) is 86.2 cm³/mol. The minimum Gasteiger partial charge on any atom is -0.468 e. The molecule has 0 aliphatic heterocycles. The molecule has 0 unspecified atom stereocenters. The van der Waals surface area contributed by atoms with Gasteiger partial charge in [-0.1, -0.05) is 52.9 Å². The molecule has 0 spiro atoms. The number of benzene rings is 1. The van der Waals surface area contributed by atoms with Crippen LogP contribution in [0, 0.1) is 6.92 Å². The van der Waals surface area contributed by atoms with Crippen LogP contribution < -0.4 is 5.32 Å². The van der Waals surface area contributed by atoms with Crippen molar-refractivity contribution in [3.8, 4) is 0 Å². The summed E-state index contributed by atoms with van der Waals surface area (Å²) in [6.07, 6.45) is 0.282. The first-order valence-corrected chi connectivity index (χ1v) is 8.25. The van der Waals surface area contributed by atoms with Crippen LogP contribution in [0.15, 0.2) is 28.6 Å². The van der Waals surface area contributed by atoms with E-state index >= 15 is 0 Å². The molecule has 0 atom stereocenters. The lowest BCUT2D eigenvalue weighted by Gasteiger charge is -2.02. The Morgan fingerprint density at radius 2 is 2.00 bits per heavy atom. The molecule has 2 rings (SSSR count). The Hall–Kier alpha value is -1.93. The highest BCUT2D eigenvalue weighted by molar-refractivity contribution is 8.01. The van der Waals surface area contributed by atoms with E-state index in [1.807, 2.05) is 31.2 Å². The molecule has 0 saturated carbocycles. The maximum Gasteiger partial charge on any atom is 0.316 e. The van der Waals surface area contributed by atoms with Crippen LogP contribution in [0.1, 0.15) is 11.1 Å². The van der Waals surface area contributed by atoms with Crippen LogP contribution in [0.5, 0.6) is 0 Å². The third kappa shape index (κ3) is 5.12. The average molecular weight is 337 g/mol. The molecule has 0 bridgehead atoms. The Balaban J connectivity index is 1.85. The number of carbonyl (C=O) groups excluding carboxylic acids is 2. The number of thioether (sulfide) groups is 1. The molecule has 8 heteroatoms. The van der Waals surface area contributed by atoms with E-state index in [1.165, 1.54) is 30.2 Å². The minimum absolute atomic E-state index is 0.149. The van der Waals surface area contributed by atoms with Crippen molar-refractivity contribution in [2.75, 3.05) is 18.2 Å². The van der Waals surface area contributed by atoms with Gasteiger partial charge in [0.1, 0.15) is 0 Å². The molecule has 0 saturated heterocycles. The molecular weight excluding hydrogens is 322 g/mol. The number of amides is 1. The zero-order chi connectivity index (χ0) is 15.9. The molecule has 1 aromatic heterocycles. The Bertz CT molecular complexity index is 656. The number of esters is 1. The third-order valence-electron chi connectivity index (χ3n) is 2.68. The SMILES string of the molecule is COC(=O)CSc1nnc(NC(=O)Cc2ccc(C)cc2)s1. The number of hydrogen-bond acceptors (Lipinski definition) is 7. The van der Waals surface area contributed by atoms with Gasteiger partial charge in [0.05, 0.1) is 19.3 Å². The van der Waals surface area contributed by atoms with E-state index in [9.17, 15) is 9.59 Å². The van der Waals surface area contributed by atoms with Crippen LogP contribution in [0.2, 0.25) is 0 Å². The first-order chi connectivity index (χ1) is 10.6. The van der Waals surface area contributed by atoms with Gasteiger partial charge in [-0.25, -0.2) is 0 Å². The van der Waals surface area contributed by atoms with Crippen LogP contribution in [-0.2, 0) is 20.7 Å². The van der Waals surface area contributed by atoms with Crippen molar-refractivity contribution >= 4 is 40.1 Å². The fourth-order valence-corrected chi connectivity index (χ4v) is 3.15. The van der Waals surface area contributed by atoms with Gasteiger partial charge in [-0.2, -0.15) is 0 Å². The lowest BCUT2D eigenvalue weighted by atomic mass is 10.1. The Labute approximate surface area is 136 Å². The Morgan fingerprint density at radius 1 is 1.27 bits per heavy atom. The van der Waals surface area contributed by atoms with E-state index in [0.717, 1.165) is 11.1 Å². The van der Waals surface area contributed by atoms with E-state index in [4.69, 9.17) is 0 Å². The van der Waals surface area contributed by atoms with Gasteiger partial charge in [-0.3, -0.25) is 9.59 Å². The topological polar surface area (TPSA) is 81.2 Å². The number of nitrogens with zero attached hydrogens (tertiary/aromatic N) is 2. The number of hydrogen-bond donors (Lipinski definition) is 1. The molecule has 116 valence electrons. The van der Waals surface area contributed by atoms with E-state index in [2.05, 4.69) is 20.3 Å². The summed E-state index contributed by atoms with van der Waals surface area (Å²) in [7, 11) is 1.33. The Kier molecular flexibility index (Phi) is 5.91. The highest BCUT2D eigenvalue weighted by Crippen LogP contribution is 2.25. The van der Waals surface area contributed by atoms with Crippen LogP contribution >= 0.6 is 23.1 Å². The van der Waals surface area contributed by atoms with Crippen LogP contribution in [0.3, 0.4) is 0 Å². The van der Waals surface area contributed by atoms with Crippen molar-refractivity contribution < 1.29 is 14.3 Å². The van der Waals surface area contributed by atoms with Crippen LogP contribution in [0.4, 0.5) is 5.13 Å². The first-order valence-electron chi connectivity index (χ1n) is 6.45. The smallest absolute Gasteiger partial charge is 0.316 e. The minimum atomic E-state index is -0.329. The van der Waals surface area contributed by atoms with Gasteiger partial charge in [-0.15, -0.1) is 10.2 Å². The quantitative estimate of drug-likeness (QED) is 0.495. The van der Waals surface area contributed by atoms with Crippen molar-refractivity contribution in [1.82, 2.24) is 10.2 Å². The lowest BCUT2D eigenvalue weighted by molar-refractivity contribution is -0.137. The summed E-state index contributed by atoms with van der Waals surface area (Å²) in [6, 6.07) is 7.78. The fraction of sp³-hybridized carbons (Fsp3) is 0.286. The highest BCUT2D eigenvalue weighted by atomic mass is 32.2. The maximum absolute atomic E-state index is 11.9. The van der Waals surface area contributed by atoms with E-state index in [1.54, 1.807) is 0 Å². The normalized spacial score (nSPS) is 10.3. The molecule has 0 fully saturated rings. The number of ether oxygens (including phenoxy) is 1. The summed E-state index contributed by atoms with van der Waals surface area (Å²) in [5, 5.41) is 10.9. The van der Waals surface area contributed by atoms with Crippen molar-refractivity contribution in [2.24, 2.45) is 0 Å². The molecule has 2 aromatic rings. The van der Waals surface area contributed by atoms with E-state index in [-0.39, 0.29) is 24.1 Å². The number of rotatable bonds is 6. The molecule has 0 aliphatic rings. The van der Waals surface area contributed by atoms with Gasteiger partial charge in [0.2, 0.25) is 11.0 Å². The summed E-state index contributed by atoms with van der Waals surface area (Å²) < 4.78 is 5.15. The second-order valence-electron chi connectivity index (χ2n) is 4.45. The highest BCUT2D eigenvalue weighted by Gasteiger charge is 2.11. The molecule has 1 amide bonds. The summed E-state index contributed by atoms with van der Waals surface area (Å²) in [5.74, 6) is -0.308. The second-order valence-corrected chi connectivity index (χ2v) is 6.65. The number of methoxy groups -OCH3 is 1. The van der Waals surface area contributed by atoms with Crippen LogP contribution in [-0.4, -0.2) is 34.9 Å². The first kappa shape index (κ1) is 16.4. The molecule has 0 radical (unpaired) electrons. The largest absolute Gasteiger partial charge is 0.468 e. The zero-order valence-electron chi connectivity index (χ0n) is 12.2. The second kappa shape index (κ2) is 7.90. The van der Waals surface area contributed by atoms with Gasteiger partial charge in [0.15, 0.2) is 4.34 Å². The van der Waals surface area contributed by atoms with E-state index < -0.39 is 0 Å². The maximum atomic E-state index is 11.9. The molecule has 22 heavy (non-hydrogen) atoms. The summed E-state index contributed by atoms with van der Waals surface area (Å²) in [5.41, 5.74) is 2.09. The molecule has 1 aromatic carbocycles. The van der Waals surface area contributed by atoms with Crippen molar-refractivity contribution in [1.29, 1.82) is 0 Å². The molecule has 0 aliphatic carbocycles. The van der Waals surface area contributed by atoms with Gasteiger partial charge < -0.3 is 10.1 Å². The predicted octanol–water partition coefficient (Wildman–Crippen LogP) is 2.29. The van der Waals surface area contributed by atoms with Gasteiger partial charge in [-0.05, 0) is 12.5 Å². The number of aromatic nitrogens is 2. The Morgan fingerprint density at radius 3 is 2.68 bits per heavy atom. The monoisotopic (exact) mass is 337 g/mol. The van der Waals surface area contributed by atoms with Gasteiger partial charge in [0, 0.05) is 0 Å². The number of nitrogens with one attached hydrogen (secondary N) is 1. The summed E-state index contributed by atoms with van der Waals surface area (Å²) >= 11 is 2.45. The van der Waals surface area contributed by atoms with Crippen molar-refractivity contribution in [3.05, 3.63) is 35.4 Å². The fourth-order valence-electron chi connectivity index (χ4n) is 1.55. The molecule has 1 N–H and O–H groups in total. The van der Waals surface area contributed by atoms with Gasteiger partial charge in [0.25, 0.3) is 0 Å².